The molecule has 8 nitrogen and oxygen atoms in total. The topological polar surface area (TPSA) is 96.0 Å². The van der Waals surface area contributed by atoms with Gasteiger partial charge in [-0.1, -0.05) is 82.2 Å². The van der Waals surface area contributed by atoms with Gasteiger partial charge in [0.15, 0.2) is 0 Å². The van der Waals surface area contributed by atoms with Crippen molar-refractivity contribution >= 4 is 43.5 Å². The Morgan fingerprint density at radius 1 is 0.886 bits per heavy atom. The van der Waals surface area contributed by atoms with E-state index in [1.165, 1.54) is 24.1 Å². The van der Waals surface area contributed by atoms with E-state index in [0.717, 1.165) is 25.5 Å². The Kier molecular flexibility index (Phi) is 11.2. The lowest BCUT2D eigenvalue weighted by atomic mass is 10.0. The van der Waals surface area contributed by atoms with Crippen LogP contribution in [0.3, 0.4) is 0 Å². The molecule has 0 aliphatic heterocycles. The molecule has 0 radical (unpaired) electrons. The summed E-state index contributed by atoms with van der Waals surface area (Å²) in [5.74, 6) is -0.412. The predicted molar refractivity (Wildman–Crippen MR) is 176 cm³/mol. The Hall–Kier alpha value is -4.15. The summed E-state index contributed by atoms with van der Waals surface area (Å²) in [5, 5.41) is 2.87. The molecule has 0 saturated heterocycles. The molecule has 0 aliphatic rings. The zero-order valence-electron chi connectivity index (χ0n) is 24.9. The van der Waals surface area contributed by atoms with Gasteiger partial charge >= 0.3 is 0 Å². The molecule has 0 saturated carbocycles. The number of methoxy groups -OCH3 is 1. The average molecular weight is 679 g/mol. The maximum absolute atomic E-state index is 14.4. The van der Waals surface area contributed by atoms with E-state index in [1.54, 1.807) is 36.4 Å². The first kappa shape index (κ1) is 32.8. The standard InChI is InChI=1S/C34H36BrN3O5S/c1-4-36-34(40)32(21-26-9-6-5-7-10-26)37(23-27-15-17-28(35)18-16-27)33(39)24-38(29-11-8-12-30(22-29)43-3)44(41,42)31-19-13-25(2)14-20-31/h5-20,22,32H,4,21,23-24H2,1-3H3,(H,36,40)/t32-/m1/s1. The van der Waals surface area contributed by atoms with Crippen molar-refractivity contribution in [3.63, 3.8) is 0 Å². The Bertz CT molecular complexity index is 1660. The Labute approximate surface area is 267 Å². The van der Waals surface area contributed by atoms with Crippen LogP contribution in [0.15, 0.2) is 112 Å². The minimum Gasteiger partial charge on any atom is -0.497 e. The van der Waals surface area contributed by atoms with E-state index in [2.05, 4.69) is 21.2 Å². The first-order chi connectivity index (χ1) is 21.1. The van der Waals surface area contributed by atoms with Crippen LogP contribution in [0.5, 0.6) is 5.75 Å². The van der Waals surface area contributed by atoms with E-state index < -0.39 is 28.5 Å². The highest BCUT2D eigenvalue weighted by Gasteiger charge is 2.34. The molecule has 10 heteroatoms. The van der Waals surface area contributed by atoms with Crippen LogP contribution >= 0.6 is 15.9 Å². The third kappa shape index (κ3) is 8.27. The summed E-state index contributed by atoms with van der Waals surface area (Å²) in [7, 11) is -2.70. The number of hydrogen-bond acceptors (Lipinski definition) is 5. The van der Waals surface area contributed by atoms with Crippen LogP contribution in [0.1, 0.15) is 23.6 Å². The van der Waals surface area contributed by atoms with Gasteiger partial charge in [0, 0.05) is 30.0 Å². The lowest BCUT2D eigenvalue weighted by molar-refractivity contribution is -0.140. The Morgan fingerprint density at radius 2 is 1.57 bits per heavy atom. The van der Waals surface area contributed by atoms with Gasteiger partial charge in [-0.3, -0.25) is 13.9 Å². The molecule has 0 fully saturated rings. The number of ether oxygens (including phenoxy) is 1. The fourth-order valence-corrected chi connectivity index (χ4v) is 6.43. The molecule has 2 amide bonds. The fourth-order valence-electron chi connectivity index (χ4n) is 4.76. The first-order valence-electron chi connectivity index (χ1n) is 14.2. The smallest absolute Gasteiger partial charge is 0.264 e. The van der Waals surface area contributed by atoms with Crippen molar-refractivity contribution in [2.75, 3.05) is 24.5 Å². The summed E-state index contributed by atoms with van der Waals surface area (Å²) in [6, 6.07) is 29.0. The summed E-state index contributed by atoms with van der Waals surface area (Å²) in [6.45, 7) is 3.62. The summed E-state index contributed by atoms with van der Waals surface area (Å²) in [5.41, 5.74) is 2.83. The number of aryl methyl sites for hydroxylation is 1. The minimum absolute atomic E-state index is 0.0442. The van der Waals surface area contributed by atoms with E-state index in [1.807, 2.05) is 68.4 Å². The van der Waals surface area contributed by atoms with Gasteiger partial charge in [0.2, 0.25) is 11.8 Å². The fraction of sp³-hybridized carbons (Fsp3) is 0.235. The molecule has 4 rings (SSSR count). The van der Waals surface area contributed by atoms with Crippen LogP contribution in [0.25, 0.3) is 0 Å². The normalized spacial score (nSPS) is 11.8. The van der Waals surface area contributed by atoms with Crippen molar-refractivity contribution < 1.29 is 22.7 Å². The van der Waals surface area contributed by atoms with Crippen molar-refractivity contribution in [3.05, 3.63) is 124 Å². The highest BCUT2D eigenvalue weighted by molar-refractivity contribution is 9.10. The van der Waals surface area contributed by atoms with Gasteiger partial charge < -0.3 is 15.0 Å². The van der Waals surface area contributed by atoms with Gasteiger partial charge in [0.25, 0.3) is 10.0 Å². The first-order valence-corrected chi connectivity index (χ1v) is 16.4. The highest BCUT2D eigenvalue weighted by Crippen LogP contribution is 2.28. The predicted octanol–water partition coefficient (Wildman–Crippen LogP) is 5.74. The van der Waals surface area contributed by atoms with Crippen molar-refractivity contribution in [3.8, 4) is 5.75 Å². The molecule has 230 valence electrons. The molecule has 0 aromatic heterocycles. The Balaban J connectivity index is 1.80. The van der Waals surface area contributed by atoms with E-state index in [4.69, 9.17) is 4.74 Å². The Morgan fingerprint density at radius 3 is 2.20 bits per heavy atom. The van der Waals surface area contributed by atoms with Crippen LogP contribution in [-0.2, 0) is 32.6 Å². The number of carbonyl (C=O) groups is 2. The molecule has 4 aromatic carbocycles. The number of benzene rings is 4. The number of likely N-dealkylation sites (N-methyl/N-ethyl adjacent to an activating group) is 1. The highest BCUT2D eigenvalue weighted by atomic mass is 79.9. The molecule has 0 aliphatic carbocycles. The molecule has 44 heavy (non-hydrogen) atoms. The number of sulfonamides is 1. The zero-order valence-corrected chi connectivity index (χ0v) is 27.3. The molecule has 0 unspecified atom stereocenters. The number of anilines is 1. The second-order valence-corrected chi connectivity index (χ2v) is 13.1. The molecular weight excluding hydrogens is 642 g/mol. The van der Waals surface area contributed by atoms with Gasteiger partial charge in [0.1, 0.15) is 18.3 Å². The van der Waals surface area contributed by atoms with Crippen LogP contribution in [0, 0.1) is 6.92 Å². The summed E-state index contributed by atoms with van der Waals surface area (Å²) < 4.78 is 35.6. The molecule has 0 heterocycles. The summed E-state index contributed by atoms with van der Waals surface area (Å²) in [6.07, 6.45) is 0.249. The van der Waals surface area contributed by atoms with E-state index in [0.29, 0.717) is 12.3 Å². The quantitative estimate of drug-likeness (QED) is 0.195. The average Bonchev–Trinajstić information content (AvgIpc) is 3.03. The number of halogens is 1. The minimum atomic E-state index is -4.19. The van der Waals surface area contributed by atoms with E-state index in [9.17, 15) is 18.0 Å². The number of rotatable bonds is 13. The van der Waals surface area contributed by atoms with E-state index >= 15 is 0 Å². The largest absolute Gasteiger partial charge is 0.497 e. The SMILES string of the molecule is CCNC(=O)[C@@H](Cc1ccccc1)N(Cc1ccc(Br)cc1)C(=O)CN(c1cccc(OC)c1)S(=O)(=O)c1ccc(C)cc1. The van der Waals surface area contributed by atoms with Gasteiger partial charge in [-0.15, -0.1) is 0 Å². The lowest BCUT2D eigenvalue weighted by Gasteiger charge is -2.34. The van der Waals surface area contributed by atoms with E-state index in [-0.39, 0.29) is 29.5 Å². The van der Waals surface area contributed by atoms with Crippen molar-refractivity contribution in [1.82, 2.24) is 10.2 Å². The van der Waals surface area contributed by atoms with Gasteiger partial charge in [-0.25, -0.2) is 8.42 Å². The van der Waals surface area contributed by atoms with Gasteiger partial charge in [-0.05, 0) is 61.4 Å². The summed E-state index contributed by atoms with van der Waals surface area (Å²) in [4.78, 5) is 29.5. The maximum Gasteiger partial charge on any atom is 0.264 e. The third-order valence-corrected chi connectivity index (χ3v) is 9.43. The van der Waals surface area contributed by atoms with Crippen LogP contribution in [0.2, 0.25) is 0 Å². The molecule has 1 N–H and O–H groups in total. The third-order valence-electron chi connectivity index (χ3n) is 7.12. The van der Waals surface area contributed by atoms with Crippen LogP contribution < -0.4 is 14.4 Å². The van der Waals surface area contributed by atoms with Gasteiger partial charge in [-0.2, -0.15) is 0 Å². The molecular formula is C34H36BrN3O5S. The second-order valence-electron chi connectivity index (χ2n) is 10.3. The maximum atomic E-state index is 14.4. The van der Waals surface area contributed by atoms with Crippen LogP contribution in [0.4, 0.5) is 5.69 Å². The van der Waals surface area contributed by atoms with Crippen LogP contribution in [-0.4, -0.2) is 51.4 Å². The lowest BCUT2D eigenvalue weighted by Crippen LogP contribution is -2.53. The van der Waals surface area contributed by atoms with Crippen molar-refractivity contribution in [1.29, 1.82) is 0 Å². The van der Waals surface area contributed by atoms with Crippen molar-refractivity contribution in [2.45, 2.75) is 37.8 Å². The second kappa shape index (κ2) is 15.0. The summed E-state index contributed by atoms with van der Waals surface area (Å²) >= 11 is 3.45. The molecule has 1 atom stereocenters. The number of carbonyl (C=O) groups excluding carboxylic acids is 2. The zero-order chi connectivity index (χ0) is 31.7. The number of nitrogens with zero attached hydrogens (tertiary/aromatic N) is 2. The van der Waals surface area contributed by atoms with Gasteiger partial charge in [0.05, 0.1) is 17.7 Å². The molecule has 0 spiro atoms. The number of nitrogens with one attached hydrogen (secondary N) is 1. The number of hydrogen-bond donors (Lipinski definition) is 1. The monoisotopic (exact) mass is 677 g/mol. The molecule has 4 aromatic rings. The van der Waals surface area contributed by atoms with Crippen molar-refractivity contribution in [2.24, 2.45) is 0 Å². The number of amides is 2. The molecule has 0 bridgehead atoms.